The van der Waals surface area contributed by atoms with Crippen molar-refractivity contribution in [3.05, 3.63) is 74.8 Å². The van der Waals surface area contributed by atoms with Crippen LogP contribution in [0.15, 0.2) is 52.7 Å². The first-order chi connectivity index (χ1) is 19.8. The number of amidine groups is 1. The van der Waals surface area contributed by atoms with Crippen LogP contribution in [0.5, 0.6) is 0 Å². The van der Waals surface area contributed by atoms with Gasteiger partial charge >= 0.3 is 6.55 Å². The molecule has 0 saturated carbocycles. The molecule has 2 saturated heterocycles. The molecule has 0 amide bonds. The highest BCUT2D eigenvalue weighted by molar-refractivity contribution is 7.91. The number of alkyl halides is 2. The van der Waals surface area contributed by atoms with Gasteiger partial charge in [0, 0.05) is 78.0 Å². The number of fused-ring (bicyclic) bond motifs is 1. The Bertz CT molecular complexity index is 1810. The average Bonchev–Trinajstić information content (AvgIpc) is 3.61. The van der Waals surface area contributed by atoms with Crippen LogP contribution in [0.25, 0.3) is 5.57 Å². The lowest BCUT2D eigenvalue weighted by molar-refractivity contribution is 0.0564. The Balaban J connectivity index is 1.42. The number of halogens is 4. The minimum atomic E-state index is -4.05. The van der Waals surface area contributed by atoms with E-state index in [0.717, 1.165) is 22.8 Å². The predicted octanol–water partition coefficient (Wildman–Crippen LogP) is 3.08. The highest BCUT2D eigenvalue weighted by Gasteiger charge is 2.45. The van der Waals surface area contributed by atoms with Crippen molar-refractivity contribution in [3.63, 3.8) is 0 Å². The lowest BCUT2D eigenvalue weighted by atomic mass is 9.92. The van der Waals surface area contributed by atoms with E-state index < -0.39 is 49.7 Å². The number of aliphatic imine (C=N–C) groups is 1. The lowest BCUT2D eigenvalue weighted by Gasteiger charge is -2.37. The number of benzene rings is 1. The summed E-state index contributed by atoms with van der Waals surface area (Å²) in [5, 5.41) is 5.63. The molecule has 3 aliphatic heterocycles. The summed E-state index contributed by atoms with van der Waals surface area (Å²) >= 11 is 7.76. The maximum absolute atomic E-state index is 14.0. The zero-order valence-electron chi connectivity index (χ0n) is 21.7. The van der Waals surface area contributed by atoms with Gasteiger partial charge in [-0.25, -0.2) is 22.5 Å². The Morgan fingerprint density at radius 2 is 1.90 bits per heavy atom. The molecule has 42 heavy (non-hydrogen) atoms. The molecular formula is C24H23ClF3N7O4S3. The topological polar surface area (TPSA) is 130 Å². The Morgan fingerprint density at radius 3 is 2.52 bits per heavy atom. The summed E-state index contributed by atoms with van der Waals surface area (Å²) in [4.78, 5) is 11.1. The van der Waals surface area contributed by atoms with E-state index in [1.165, 1.54) is 29.5 Å². The first kappa shape index (κ1) is 29.3. The maximum Gasteiger partial charge on any atom is 0.333 e. The Hall–Kier alpha value is -2.83. The molecule has 5 heterocycles. The van der Waals surface area contributed by atoms with E-state index in [-0.39, 0.29) is 36.8 Å². The first-order valence-electron chi connectivity index (χ1n) is 12.5. The number of hydrogen-bond acceptors (Lipinski definition) is 9. The summed E-state index contributed by atoms with van der Waals surface area (Å²) in [7, 11) is -7.43. The largest absolute Gasteiger partial charge is 0.333 e. The smallest absolute Gasteiger partial charge is 0.326 e. The van der Waals surface area contributed by atoms with Crippen molar-refractivity contribution in [3.8, 4) is 0 Å². The molecule has 0 unspecified atom stereocenters. The maximum atomic E-state index is 14.0. The number of hydrogen-bond donors (Lipinski definition) is 1. The molecule has 0 bridgehead atoms. The normalized spacial score (nSPS) is 22.0. The molecule has 6 rings (SSSR count). The van der Waals surface area contributed by atoms with Crippen molar-refractivity contribution < 1.29 is 30.0 Å². The van der Waals surface area contributed by atoms with Crippen LogP contribution in [0, 0.1) is 5.82 Å². The summed E-state index contributed by atoms with van der Waals surface area (Å²) in [6.07, 6.45) is 3.90. The molecule has 1 aromatic carbocycles. The van der Waals surface area contributed by atoms with Crippen molar-refractivity contribution in [1.29, 1.82) is 0 Å². The molecule has 18 heteroatoms. The number of thiazole rings is 1. The molecule has 11 nitrogen and oxygen atoms in total. The molecule has 224 valence electrons. The van der Waals surface area contributed by atoms with Crippen LogP contribution >= 0.6 is 22.9 Å². The second-order valence-electron chi connectivity index (χ2n) is 10.1. The van der Waals surface area contributed by atoms with Crippen molar-refractivity contribution in [2.75, 3.05) is 25.9 Å². The first-order valence-corrected chi connectivity index (χ1v) is 17.2. The quantitative estimate of drug-likeness (QED) is 0.393. The molecule has 3 aliphatic rings. The summed E-state index contributed by atoms with van der Waals surface area (Å²) in [6, 6.07) is 3.62. The fourth-order valence-corrected chi connectivity index (χ4v) is 8.67. The molecule has 1 N–H and O–H groups in total. The second-order valence-corrected chi connectivity index (χ2v) is 15.4. The van der Waals surface area contributed by atoms with Gasteiger partial charge in [0.2, 0.25) is 0 Å². The molecule has 0 radical (unpaired) electrons. The van der Waals surface area contributed by atoms with Crippen LogP contribution < -0.4 is 4.72 Å². The Labute approximate surface area is 248 Å². The third-order valence-electron chi connectivity index (χ3n) is 7.30. The number of nitrogens with zero attached hydrogens (tertiary/aromatic N) is 6. The van der Waals surface area contributed by atoms with Crippen LogP contribution in [0.1, 0.15) is 35.3 Å². The van der Waals surface area contributed by atoms with Gasteiger partial charge in [-0.1, -0.05) is 17.7 Å². The third-order valence-corrected chi connectivity index (χ3v) is 11.5. The lowest BCUT2D eigenvalue weighted by Crippen LogP contribution is -2.60. The van der Waals surface area contributed by atoms with Crippen LogP contribution in [-0.2, 0) is 20.0 Å². The number of aromatic nitrogens is 3. The predicted molar refractivity (Wildman–Crippen MR) is 151 cm³/mol. The van der Waals surface area contributed by atoms with Crippen LogP contribution in [0.3, 0.4) is 0 Å². The third kappa shape index (κ3) is 5.37. The van der Waals surface area contributed by atoms with E-state index in [0.29, 0.717) is 32.4 Å². The summed E-state index contributed by atoms with van der Waals surface area (Å²) in [5.74, 6) is -0.161. The Kier molecular flexibility index (Phi) is 7.46. The minimum absolute atomic E-state index is 0.0653. The van der Waals surface area contributed by atoms with E-state index in [9.17, 15) is 30.0 Å². The van der Waals surface area contributed by atoms with E-state index in [1.54, 1.807) is 16.5 Å². The molecule has 3 aromatic rings. The van der Waals surface area contributed by atoms with Crippen LogP contribution in [0.2, 0.25) is 5.02 Å². The summed E-state index contributed by atoms with van der Waals surface area (Å²) < 4.78 is 95.1. The van der Waals surface area contributed by atoms with Crippen molar-refractivity contribution in [1.82, 2.24) is 28.7 Å². The fraction of sp³-hybridized carbons (Fsp3) is 0.375. The van der Waals surface area contributed by atoms with E-state index >= 15 is 0 Å². The van der Waals surface area contributed by atoms with Crippen molar-refractivity contribution in [2.24, 2.45) is 4.99 Å². The molecular weight excluding hydrogens is 639 g/mol. The Morgan fingerprint density at radius 1 is 1.14 bits per heavy atom. The standard InChI is InChI=1S/C24H23ClF3N7O4S3/c1-41(36,37)15-11-33(12-15)42(38,39)32-14-9-19-20(18-4-6-35(31-18)24(27)28)21(16-3-2-13(26)8-17(16)25)30-22(34(19)10-14)23-29-5-7-40-23/h2-8,14-15,21,24,32H,9-12H2,1H3/t14-,21-/m0/s1. The van der Waals surface area contributed by atoms with Crippen molar-refractivity contribution in [2.45, 2.75) is 30.3 Å². The summed E-state index contributed by atoms with van der Waals surface area (Å²) in [5.41, 5.74) is 1.54. The van der Waals surface area contributed by atoms with Gasteiger partial charge in [0.15, 0.2) is 20.7 Å². The van der Waals surface area contributed by atoms with Gasteiger partial charge in [0.1, 0.15) is 11.9 Å². The van der Waals surface area contributed by atoms with Gasteiger partial charge in [0.25, 0.3) is 10.2 Å². The van der Waals surface area contributed by atoms with Gasteiger partial charge in [-0.2, -0.15) is 31.3 Å². The highest BCUT2D eigenvalue weighted by Crippen LogP contribution is 2.46. The average molecular weight is 662 g/mol. The van der Waals surface area contributed by atoms with E-state index in [4.69, 9.17) is 16.6 Å². The van der Waals surface area contributed by atoms with Gasteiger partial charge in [0.05, 0.1) is 10.9 Å². The highest BCUT2D eigenvalue weighted by atomic mass is 35.5. The molecule has 0 aliphatic carbocycles. The minimum Gasteiger partial charge on any atom is -0.326 e. The molecule has 2 aromatic heterocycles. The molecule has 0 spiro atoms. The monoisotopic (exact) mass is 661 g/mol. The molecule has 2 atom stereocenters. The fourth-order valence-electron chi connectivity index (χ4n) is 5.19. The number of sulfone groups is 1. The van der Waals surface area contributed by atoms with Gasteiger partial charge < -0.3 is 4.90 Å². The second kappa shape index (κ2) is 10.7. The van der Waals surface area contributed by atoms with Crippen LogP contribution in [0.4, 0.5) is 13.2 Å². The van der Waals surface area contributed by atoms with E-state index in [2.05, 4.69) is 14.8 Å². The summed E-state index contributed by atoms with van der Waals surface area (Å²) in [6.45, 7) is -3.08. The number of nitrogens with one attached hydrogen (secondary N) is 1. The zero-order valence-corrected chi connectivity index (χ0v) is 24.9. The number of rotatable bonds is 8. The van der Waals surface area contributed by atoms with Gasteiger partial charge in [-0.05, 0) is 18.2 Å². The van der Waals surface area contributed by atoms with Crippen molar-refractivity contribution >= 4 is 54.4 Å². The van der Waals surface area contributed by atoms with E-state index in [1.807, 2.05) is 0 Å². The SMILES string of the molecule is CS(=O)(=O)C1CN(S(=O)(=O)N[C@H]2CC3=C(c4ccn(C(F)F)n4)[C@H](c4ccc(F)cc4Cl)N=C(c4nccs4)N3C2)C1. The van der Waals surface area contributed by atoms with Crippen LogP contribution in [-0.4, -0.2) is 83.8 Å². The van der Waals surface area contributed by atoms with Gasteiger partial charge in [-0.15, -0.1) is 11.3 Å². The zero-order chi connectivity index (χ0) is 30.0. The molecule has 2 fully saturated rings. The van der Waals surface area contributed by atoms with Gasteiger partial charge in [-0.3, -0.25) is 4.99 Å².